The van der Waals surface area contributed by atoms with E-state index >= 15 is 0 Å². The summed E-state index contributed by atoms with van der Waals surface area (Å²) >= 11 is 0. The van der Waals surface area contributed by atoms with Crippen LogP contribution in [0, 0.1) is 0 Å². The van der Waals surface area contributed by atoms with E-state index < -0.39 is 12.1 Å². The lowest BCUT2D eigenvalue weighted by Gasteiger charge is -2.33. The maximum Gasteiger partial charge on any atom is 0.328 e. The van der Waals surface area contributed by atoms with Crippen molar-refractivity contribution in [2.45, 2.75) is 31.5 Å². The number of fused-ring (bicyclic) bond motifs is 1. The number of piperidine rings is 1. The minimum Gasteiger partial charge on any atom is -0.481 e. The second-order valence-electron chi connectivity index (χ2n) is 9.70. The molecule has 196 valence electrons. The molecular formula is C29H36N4O4. The second kappa shape index (κ2) is 12.2. The molecule has 1 fully saturated rings. The third kappa shape index (κ3) is 6.85. The molecule has 1 aromatic heterocycles. The molecule has 0 aliphatic carbocycles. The molecule has 0 amide bonds. The maximum atomic E-state index is 11.2. The molecular weight excluding hydrogens is 468 g/mol. The predicted octanol–water partition coefficient (Wildman–Crippen LogP) is 3.69. The van der Waals surface area contributed by atoms with Crippen LogP contribution in [0.3, 0.4) is 0 Å². The molecule has 1 aliphatic heterocycles. The maximum absolute atomic E-state index is 11.2. The van der Waals surface area contributed by atoms with Crippen molar-refractivity contribution in [3.8, 4) is 5.88 Å². The quantitative estimate of drug-likeness (QED) is 0.360. The smallest absolute Gasteiger partial charge is 0.328 e. The van der Waals surface area contributed by atoms with E-state index in [0.29, 0.717) is 29.5 Å². The van der Waals surface area contributed by atoms with Crippen LogP contribution in [0.1, 0.15) is 35.6 Å². The Hall–Kier alpha value is -3.46. The number of nitrogens with zero attached hydrogens (tertiary/aromatic N) is 3. The Morgan fingerprint density at radius 1 is 1.16 bits per heavy atom. The summed E-state index contributed by atoms with van der Waals surface area (Å²) in [6, 6.07) is 16.3. The summed E-state index contributed by atoms with van der Waals surface area (Å²) in [6.07, 6.45) is 3.97. The molecule has 0 spiro atoms. The molecule has 3 N–H and O–H groups in total. The number of likely N-dealkylation sites (tertiary alicyclic amines) is 1. The average Bonchev–Trinajstić information content (AvgIpc) is 2.91. The molecule has 8 heteroatoms. The zero-order valence-corrected chi connectivity index (χ0v) is 21.7. The number of carboxylic acid groups (broad SMARTS) is 1. The minimum atomic E-state index is -1.01. The van der Waals surface area contributed by atoms with Crippen LogP contribution >= 0.6 is 0 Å². The van der Waals surface area contributed by atoms with Gasteiger partial charge in [-0.05, 0) is 61.3 Å². The molecule has 4 rings (SSSR count). The van der Waals surface area contributed by atoms with Gasteiger partial charge in [-0.1, -0.05) is 24.3 Å². The molecule has 0 saturated carbocycles. The van der Waals surface area contributed by atoms with Crippen LogP contribution < -0.4 is 15.0 Å². The van der Waals surface area contributed by atoms with Crippen LogP contribution in [0.15, 0.2) is 54.6 Å². The number of carbonyl (C=O) groups is 1. The first-order valence-corrected chi connectivity index (χ1v) is 12.6. The number of methoxy groups -OCH3 is 1. The number of hydrogen-bond acceptors (Lipinski definition) is 7. The van der Waals surface area contributed by atoms with Crippen LogP contribution in [0.2, 0.25) is 0 Å². The molecule has 3 aromatic rings. The zero-order valence-electron chi connectivity index (χ0n) is 21.7. The lowest BCUT2D eigenvalue weighted by molar-refractivity contribution is -0.131. The Balaban J connectivity index is 1.37. The van der Waals surface area contributed by atoms with E-state index in [4.69, 9.17) is 9.84 Å². The number of pyridine rings is 1. The molecule has 0 bridgehead atoms. The van der Waals surface area contributed by atoms with E-state index in [1.807, 2.05) is 32.3 Å². The number of anilines is 1. The fourth-order valence-corrected chi connectivity index (χ4v) is 4.77. The monoisotopic (exact) mass is 504 g/mol. The number of β-amino-alcohol motifs (C(OH)–C–C–N with tert-alkyl or cyclic N) is 1. The van der Waals surface area contributed by atoms with Crippen LogP contribution in [0.5, 0.6) is 5.88 Å². The molecule has 2 heterocycles. The van der Waals surface area contributed by atoms with Gasteiger partial charge in [-0.3, -0.25) is 0 Å². The molecule has 8 nitrogen and oxygen atoms in total. The van der Waals surface area contributed by atoms with Gasteiger partial charge in [-0.25, -0.2) is 9.78 Å². The van der Waals surface area contributed by atoms with Crippen molar-refractivity contribution >= 4 is 28.6 Å². The fourth-order valence-electron chi connectivity index (χ4n) is 4.77. The van der Waals surface area contributed by atoms with Crippen molar-refractivity contribution < 1.29 is 19.7 Å². The Morgan fingerprint density at radius 3 is 2.54 bits per heavy atom. The van der Waals surface area contributed by atoms with Gasteiger partial charge >= 0.3 is 5.97 Å². The Morgan fingerprint density at radius 2 is 1.89 bits per heavy atom. The zero-order chi connectivity index (χ0) is 26.4. The average molecular weight is 505 g/mol. The first kappa shape index (κ1) is 26.6. The van der Waals surface area contributed by atoms with Gasteiger partial charge in [0, 0.05) is 62.0 Å². The van der Waals surface area contributed by atoms with Crippen molar-refractivity contribution in [2.24, 2.45) is 0 Å². The Bertz CT molecular complexity index is 1230. The molecule has 1 atom stereocenters. The number of nitrogens with one attached hydrogen (secondary N) is 1. The highest BCUT2D eigenvalue weighted by atomic mass is 16.5. The predicted molar refractivity (Wildman–Crippen MR) is 147 cm³/mol. The molecule has 37 heavy (non-hydrogen) atoms. The summed E-state index contributed by atoms with van der Waals surface area (Å²) in [6.45, 7) is 3.17. The number of benzene rings is 2. The van der Waals surface area contributed by atoms with Crippen LogP contribution in [-0.4, -0.2) is 72.9 Å². The Kier molecular flexibility index (Phi) is 8.76. The van der Waals surface area contributed by atoms with Gasteiger partial charge in [0.05, 0.1) is 18.7 Å². The van der Waals surface area contributed by atoms with E-state index in [1.165, 1.54) is 11.3 Å². The van der Waals surface area contributed by atoms with Crippen molar-refractivity contribution in [3.63, 3.8) is 0 Å². The number of rotatable bonds is 10. The molecule has 1 unspecified atom stereocenters. The second-order valence-corrected chi connectivity index (χ2v) is 9.70. The summed E-state index contributed by atoms with van der Waals surface area (Å²) < 4.78 is 5.30. The first-order chi connectivity index (χ1) is 17.8. The van der Waals surface area contributed by atoms with Crippen molar-refractivity contribution in [3.05, 3.63) is 71.3 Å². The highest BCUT2D eigenvalue weighted by molar-refractivity contribution is 5.94. The molecule has 2 aromatic carbocycles. The summed E-state index contributed by atoms with van der Waals surface area (Å²) in [5.74, 6) is -0.567. The van der Waals surface area contributed by atoms with E-state index in [0.717, 1.165) is 49.5 Å². The van der Waals surface area contributed by atoms with Crippen molar-refractivity contribution in [1.82, 2.24) is 15.2 Å². The van der Waals surface area contributed by atoms with E-state index in [2.05, 4.69) is 44.4 Å². The third-order valence-corrected chi connectivity index (χ3v) is 6.94. The van der Waals surface area contributed by atoms with Crippen molar-refractivity contribution in [1.29, 1.82) is 0 Å². The molecule has 0 radical (unpaired) electrons. The highest BCUT2D eigenvalue weighted by Gasteiger charge is 2.23. The van der Waals surface area contributed by atoms with Gasteiger partial charge in [0.2, 0.25) is 5.88 Å². The number of aromatic nitrogens is 1. The minimum absolute atomic E-state index is 0.448. The van der Waals surface area contributed by atoms with Gasteiger partial charge in [0.1, 0.15) is 0 Å². The summed E-state index contributed by atoms with van der Waals surface area (Å²) in [5.41, 5.74) is 4.54. The SMILES string of the molecule is COc1ccc2c(/C=C/C(=O)O)ccc(C(O)CN3CCC(NCc4ccc(N(C)C)cc4)CC3)c2n1. The number of aliphatic hydroxyl groups excluding tert-OH is 1. The van der Waals surface area contributed by atoms with Crippen LogP contribution in [-0.2, 0) is 11.3 Å². The topological polar surface area (TPSA) is 98.2 Å². The van der Waals surface area contributed by atoms with Gasteiger partial charge < -0.3 is 30.1 Å². The van der Waals surface area contributed by atoms with Gasteiger partial charge in [-0.2, -0.15) is 0 Å². The van der Waals surface area contributed by atoms with Gasteiger partial charge in [0.15, 0.2) is 0 Å². The van der Waals surface area contributed by atoms with Gasteiger partial charge in [-0.15, -0.1) is 0 Å². The van der Waals surface area contributed by atoms with E-state index in [-0.39, 0.29) is 0 Å². The number of carboxylic acids is 1. The third-order valence-electron chi connectivity index (χ3n) is 6.94. The summed E-state index contributed by atoms with van der Waals surface area (Å²) in [4.78, 5) is 20.0. The van der Waals surface area contributed by atoms with E-state index in [9.17, 15) is 9.90 Å². The normalized spacial score (nSPS) is 15.8. The largest absolute Gasteiger partial charge is 0.481 e. The van der Waals surface area contributed by atoms with Gasteiger partial charge in [0.25, 0.3) is 0 Å². The first-order valence-electron chi connectivity index (χ1n) is 12.6. The van der Waals surface area contributed by atoms with Crippen molar-refractivity contribution in [2.75, 3.05) is 45.7 Å². The fraction of sp³-hybridized carbons (Fsp3) is 0.379. The highest BCUT2D eigenvalue weighted by Crippen LogP contribution is 2.30. The standard InChI is InChI=1S/C29H36N4O4/c1-32(2)23-8-4-20(5-9-23)18-30-22-14-16-33(17-15-22)19-26(34)25-10-6-21(7-13-28(35)36)24-11-12-27(37-3)31-29(24)25/h4-13,22,26,30,34H,14-19H2,1-3H3,(H,35,36)/b13-7+. The number of aliphatic hydroxyl groups is 1. The number of aliphatic carboxylic acids is 1. The summed E-state index contributed by atoms with van der Waals surface area (Å²) in [7, 11) is 5.64. The number of hydrogen-bond donors (Lipinski definition) is 3. The van der Waals surface area contributed by atoms with Crippen LogP contribution in [0.4, 0.5) is 5.69 Å². The molecule has 1 saturated heterocycles. The lowest BCUT2D eigenvalue weighted by atomic mass is 9.98. The van der Waals surface area contributed by atoms with Crippen LogP contribution in [0.25, 0.3) is 17.0 Å². The molecule has 1 aliphatic rings. The lowest BCUT2D eigenvalue weighted by Crippen LogP contribution is -2.43. The van der Waals surface area contributed by atoms with E-state index in [1.54, 1.807) is 19.3 Å². The summed E-state index contributed by atoms with van der Waals surface area (Å²) in [5, 5.41) is 24.6. The number of ether oxygens (including phenoxy) is 1. The Labute approximate surface area is 218 Å².